The molecule has 8 nitrogen and oxygen atoms in total. The number of amides is 3. The summed E-state index contributed by atoms with van der Waals surface area (Å²) < 4.78 is 6.73. The van der Waals surface area contributed by atoms with E-state index in [0.29, 0.717) is 30.0 Å². The van der Waals surface area contributed by atoms with E-state index in [1.807, 2.05) is 30.3 Å². The van der Waals surface area contributed by atoms with Crippen LogP contribution in [-0.4, -0.2) is 40.8 Å². The number of carbonyl (C=O) groups excluding carboxylic acids is 3. The Hall–Kier alpha value is -3.16. The van der Waals surface area contributed by atoms with E-state index in [9.17, 15) is 14.4 Å². The third-order valence-electron chi connectivity index (χ3n) is 3.69. The summed E-state index contributed by atoms with van der Waals surface area (Å²) in [6.45, 7) is 5.58. The minimum absolute atomic E-state index is 0.326. The van der Waals surface area contributed by atoms with E-state index in [1.165, 1.54) is 0 Å². The van der Waals surface area contributed by atoms with Crippen molar-refractivity contribution in [1.82, 2.24) is 20.4 Å². The second kappa shape index (κ2) is 8.80. The van der Waals surface area contributed by atoms with Crippen LogP contribution in [0.5, 0.6) is 0 Å². The SMILES string of the molecule is CCNC(=O)NC(=O)COC(=O)c1c(C)nn(Cc2ccccc2)c1C. The van der Waals surface area contributed by atoms with Crippen LogP contribution in [0.4, 0.5) is 4.79 Å². The Morgan fingerprint density at radius 2 is 1.85 bits per heavy atom. The van der Waals surface area contributed by atoms with Crippen molar-refractivity contribution in [2.75, 3.05) is 13.2 Å². The molecule has 2 rings (SSSR count). The predicted molar refractivity (Wildman–Crippen MR) is 94.7 cm³/mol. The second-order valence-electron chi connectivity index (χ2n) is 5.67. The van der Waals surface area contributed by atoms with Crippen LogP contribution in [0.2, 0.25) is 0 Å². The zero-order valence-electron chi connectivity index (χ0n) is 15.0. The number of imide groups is 1. The molecule has 3 amide bonds. The molecule has 1 heterocycles. The summed E-state index contributed by atoms with van der Waals surface area (Å²) >= 11 is 0. The number of hydrogen-bond acceptors (Lipinski definition) is 5. The van der Waals surface area contributed by atoms with Gasteiger partial charge in [-0.25, -0.2) is 9.59 Å². The highest BCUT2D eigenvalue weighted by Crippen LogP contribution is 2.16. The molecule has 1 aromatic heterocycles. The maximum atomic E-state index is 12.3. The Balaban J connectivity index is 2.01. The largest absolute Gasteiger partial charge is 0.452 e. The summed E-state index contributed by atoms with van der Waals surface area (Å²) in [6, 6.07) is 9.11. The molecular weight excluding hydrogens is 336 g/mol. The molecule has 0 radical (unpaired) electrons. The molecule has 0 saturated carbocycles. The van der Waals surface area contributed by atoms with Crippen molar-refractivity contribution in [1.29, 1.82) is 0 Å². The van der Waals surface area contributed by atoms with Gasteiger partial charge in [0.2, 0.25) is 0 Å². The summed E-state index contributed by atoms with van der Waals surface area (Å²) in [7, 11) is 0. The molecule has 0 spiro atoms. The van der Waals surface area contributed by atoms with Crippen LogP contribution in [-0.2, 0) is 16.1 Å². The van der Waals surface area contributed by atoms with Gasteiger partial charge in [0.1, 0.15) is 5.56 Å². The Kier molecular flexibility index (Phi) is 6.48. The van der Waals surface area contributed by atoms with Crippen molar-refractivity contribution in [3.8, 4) is 0 Å². The molecule has 0 saturated heterocycles. The van der Waals surface area contributed by atoms with E-state index in [1.54, 1.807) is 25.5 Å². The fraction of sp³-hybridized carbons (Fsp3) is 0.333. The number of hydrogen-bond donors (Lipinski definition) is 2. The maximum Gasteiger partial charge on any atom is 0.342 e. The highest BCUT2D eigenvalue weighted by molar-refractivity contribution is 5.97. The average molecular weight is 358 g/mol. The van der Waals surface area contributed by atoms with Gasteiger partial charge in [0.15, 0.2) is 6.61 Å². The molecule has 26 heavy (non-hydrogen) atoms. The van der Waals surface area contributed by atoms with E-state index >= 15 is 0 Å². The number of aryl methyl sites for hydroxylation is 1. The molecule has 0 aliphatic heterocycles. The number of nitrogens with one attached hydrogen (secondary N) is 2. The van der Waals surface area contributed by atoms with Crippen LogP contribution in [0.25, 0.3) is 0 Å². The lowest BCUT2D eigenvalue weighted by Gasteiger charge is -2.07. The number of urea groups is 1. The molecule has 138 valence electrons. The number of ether oxygens (including phenoxy) is 1. The third kappa shape index (κ3) is 4.92. The number of rotatable bonds is 6. The van der Waals surface area contributed by atoms with Gasteiger partial charge in [0, 0.05) is 6.54 Å². The van der Waals surface area contributed by atoms with Gasteiger partial charge >= 0.3 is 12.0 Å². The molecule has 1 aromatic carbocycles. The van der Waals surface area contributed by atoms with E-state index in [2.05, 4.69) is 15.7 Å². The lowest BCUT2D eigenvalue weighted by Crippen LogP contribution is -2.41. The zero-order valence-corrected chi connectivity index (χ0v) is 15.0. The summed E-state index contributed by atoms with van der Waals surface area (Å²) in [5, 5.41) is 8.86. The van der Waals surface area contributed by atoms with Crippen molar-refractivity contribution in [3.05, 3.63) is 52.8 Å². The fourth-order valence-electron chi connectivity index (χ4n) is 2.47. The fourth-order valence-corrected chi connectivity index (χ4v) is 2.47. The van der Waals surface area contributed by atoms with Crippen LogP contribution >= 0.6 is 0 Å². The molecule has 0 atom stereocenters. The van der Waals surface area contributed by atoms with E-state index < -0.39 is 24.5 Å². The zero-order chi connectivity index (χ0) is 19.1. The Labute approximate surface area is 151 Å². The molecule has 0 unspecified atom stereocenters. The molecule has 0 aliphatic rings. The smallest absolute Gasteiger partial charge is 0.342 e. The Morgan fingerprint density at radius 1 is 1.15 bits per heavy atom. The monoisotopic (exact) mass is 358 g/mol. The molecule has 8 heteroatoms. The van der Waals surface area contributed by atoms with Gasteiger partial charge in [-0.3, -0.25) is 14.8 Å². The van der Waals surface area contributed by atoms with Crippen LogP contribution in [0.3, 0.4) is 0 Å². The Bertz CT molecular complexity index is 799. The number of aromatic nitrogens is 2. The van der Waals surface area contributed by atoms with Gasteiger partial charge in [0.25, 0.3) is 5.91 Å². The Morgan fingerprint density at radius 3 is 2.50 bits per heavy atom. The first-order chi connectivity index (χ1) is 12.4. The minimum atomic E-state index is -0.698. The standard InChI is InChI=1S/C18H22N4O4/c1-4-19-18(25)20-15(23)11-26-17(24)16-12(2)21-22(13(16)3)10-14-8-6-5-7-9-14/h5-9H,4,10-11H2,1-3H3,(H2,19,20,23,25). The van der Waals surface area contributed by atoms with Crippen molar-refractivity contribution in [3.63, 3.8) is 0 Å². The molecule has 2 aromatic rings. The van der Waals surface area contributed by atoms with Gasteiger partial charge in [-0.05, 0) is 26.3 Å². The first-order valence-electron chi connectivity index (χ1n) is 8.25. The topological polar surface area (TPSA) is 102 Å². The normalized spacial score (nSPS) is 10.3. The number of nitrogens with zero attached hydrogens (tertiary/aromatic N) is 2. The molecular formula is C18H22N4O4. The first-order valence-corrected chi connectivity index (χ1v) is 8.25. The van der Waals surface area contributed by atoms with Gasteiger partial charge < -0.3 is 10.1 Å². The van der Waals surface area contributed by atoms with Crippen LogP contribution in [0.1, 0.15) is 34.2 Å². The lowest BCUT2D eigenvalue weighted by atomic mass is 10.2. The van der Waals surface area contributed by atoms with Crippen molar-refractivity contribution >= 4 is 17.9 Å². The molecule has 0 fully saturated rings. The molecule has 0 bridgehead atoms. The van der Waals surface area contributed by atoms with E-state index in [0.717, 1.165) is 5.56 Å². The average Bonchev–Trinajstić information content (AvgIpc) is 2.87. The van der Waals surface area contributed by atoms with Crippen LogP contribution < -0.4 is 10.6 Å². The number of esters is 1. The van der Waals surface area contributed by atoms with Crippen molar-refractivity contribution in [2.45, 2.75) is 27.3 Å². The quantitative estimate of drug-likeness (QED) is 0.763. The van der Waals surface area contributed by atoms with Gasteiger partial charge in [-0.2, -0.15) is 5.10 Å². The maximum absolute atomic E-state index is 12.3. The summed E-state index contributed by atoms with van der Waals surface area (Å²) in [5.41, 5.74) is 2.55. The molecule has 0 aliphatic carbocycles. The number of benzene rings is 1. The van der Waals surface area contributed by atoms with Crippen molar-refractivity contribution in [2.24, 2.45) is 0 Å². The highest BCUT2D eigenvalue weighted by Gasteiger charge is 2.21. The van der Waals surface area contributed by atoms with Gasteiger partial charge in [-0.15, -0.1) is 0 Å². The van der Waals surface area contributed by atoms with Crippen LogP contribution in [0.15, 0.2) is 30.3 Å². The summed E-state index contributed by atoms with van der Waals surface area (Å²) in [5.74, 6) is -1.35. The summed E-state index contributed by atoms with van der Waals surface area (Å²) in [4.78, 5) is 35.2. The van der Waals surface area contributed by atoms with Crippen molar-refractivity contribution < 1.29 is 19.1 Å². The van der Waals surface area contributed by atoms with Gasteiger partial charge in [-0.1, -0.05) is 30.3 Å². The number of carbonyl (C=O) groups is 3. The van der Waals surface area contributed by atoms with E-state index in [4.69, 9.17) is 4.74 Å². The lowest BCUT2D eigenvalue weighted by molar-refractivity contribution is -0.123. The summed E-state index contributed by atoms with van der Waals surface area (Å²) in [6.07, 6.45) is 0. The predicted octanol–water partition coefficient (Wildman–Crippen LogP) is 1.55. The van der Waals surface area contributed by atoms with E-state index in [-0.39, 0.29) is 0 Å². The highest BCUT2D eigenvalue weighted by atomic mass is 16.5. The molecule has 2 N–H and O–H groups in total. The second-order valence-corrected chi connectivity index (χ2v) is 5.67. The van der Waals surface area contributed by atoms with Gasteiger partial charge in [0.05, 0.1) is 17.9 Å². The first kappa shape index (κ1) is 19.2. The minimum Gasteiger partial charge on any atom is -0.452 e. The van der Waals surface area contributed by atoms with Crippen LogP contribution in [0, 0.1) is 13.8 Å². The third-order valence-corrected chi connectivity index (χ3v) is 3.69.